The second-order valence-electron chi connectivity index (χ2n) is 8.10. The Hall–Kier alpha value is -2.00. The van der Waals surface area contributed by atoms with Crippen molar-refractivity contribution >= 4 is 42.1 Å². The number of nitrogens with one attached hydrogen (secondary N) is 2. The van der Waals surface area contributed by atoms with Gasteiger partial charge in [-0.3, -0.25) is 19.8 Å². The van der Waals surface area contributed by atoms with Crippen LogP contribution in [0.3, 0.4) is 0 Å². The van der Waals surface area contributed by atoms with E-state index in [1.807, 2.05) is 0 Å². The quantitative estimate of drug-likeness (QED) is 0.263. The third-order valence-electron chi connectivity index (χ3n) is 4.85. The topological polar surface area (TPSA) is 140 Å². The van der Waals surface area contributed by atoms with E-state index in [-0.39, 0.29) is 6.61 Å². The maximum atomic E-state index is 12.2. The van der Waals surface area contributed by atoms with Crippen LogP contribution in [0.2, 0.25) is 0 Å². The van der Waals surface area contributed by atoms with Gasteiger partial charge in [-0.2, -0.15) is 0 Å². The van der Waals surface area contributed by atoms with E-state index in [0.29, 0.717) is 34.4 Å². The molecule has 0 aliphatic rings. The molecule has 0 saturated carbocycles. The molecule has 0 aromatic carbocycles. The van der Waals surface area contributed by atoms with Crippen molar-refractivity contribution in [2.75, 3.05) is 12.3 Å². The first-order chi connectivity index (χ1) is 15.0. The molecule has 3 atom stereocenters. The van der Waals surface area contributed by atoms with E-state index in [1.54, 1.807) is 39.8 Å². The number of anilines is 1. The van der Waals surface area contributed by atoms with Crippen molar-refractivity contribution in [1.29, 1.82) is 0 Å². The Kier molecular flexibility index (Phi) is 9.21. The monoisotopic (exact) mass is 484 g/mol. The Morgan fingerprint density at radius 1 is 1.34 bits per heavy atom. The van der Waals surface area contributed by atoms with E-state index in [4.69, 9.17) is 14.9 Å². The number of ether oxygens (including phenoxy) is 1. The summed E-state index contributed by atoms with van der Waals surface area (Å²) in [6.07, 6.45) is 1.16. The van der Waals surface area contributed by atoms with E-state index in [0.717, 1.165) is 11.3 Å². The van der Waals surface area contributed by atoms with Crippen molar-refractivity contribution in [3.8, 4) is 11.5 Å². The zero-order chi connectivity index (χ0) is 24.1. The lowest BCUT2D eigenvalue weighted by atomic mass is 10.0. The van der Waals surface area contributed by atoms with E-state index in [9.17, 15) is 14.7 Å². The van der Waals surface area contributed by atoms with Gasteiger partial charge >= 0.3 is 11.9 Å². The smallest absolute Gasteiger partial charge is 0.323 e. The molecular weight excluding hydrogens is 451 g/mol. The largest absolute Gasteiger partial charge is 0.480 e. The van der Waals surface area contributed by atoms with Gasteiger partial charge in [0.05, 0.1) is 6.61 Å². The number of nitrogens with zero attached hydrogens (tertiary/aromatic N) is 1. The Balaban J connectivity index is 2.39. The van der Waals surface area contributed by atoms with Crippen LogP contribution in [0.5, 0.6) is 0 Å². The number of thiazole rings is 1. The lowest BCUT2D eigenvalue weighted by Crippen LogP contribution is -2.50. The van der Waals surface area contributed by atoms with Gasteiger partial charge in [0.1, 0.15) is 25.5 Å². The molecule has 0 amide bonds. The van der Waals surface area contributed by atoms with Gasteiger partial charge in [0, 0.05) is 4.88 Å². The van der Waals surface area contributed by atoms with E-state index in [1.165, 1.54) is 11.3 Å². The highest BCUT2D eigenvalue weighted by Gasteiger charge is 2.36. The summed E-state index contributed by atoms with van der Waals surface area (Å²) in [6.45, 7) is 11.3. The summed E-state index contributed by atoms with van der Waals surface area (Å²) < 4.78 is 11.2. The Labute approximate surface area is 194 Å². The number of hydrogen-bond donors (Lipinski definition) is 4. The number of aliphatic carboxylic acids is 1. The number of furan rings is 1. The van der Waals surface area contributed by atoms with Crippen molar-refractivity contribution < 1.29 is 23.8 Å². The third-order valence-corrected chi connectivity index (χ3v) is 7.80. The van der Waals surface area contributed by atoms with Gasteiger partial charge in [-0.25, -0.2) is 4.98 Å². The molecule has 0 bridgehead atoms. The molecule has 178 valence electrons. The molecule has 0 spiro atoms. The fourth-order valence-electron chi connectivity index (χ4n) is 2.84. The molecule has 0 fully saturated rings. The van der Waals surface area contributed by atoms with Gasteiger partial charge in [0.2, 0.25) is 0 Å². The number of esters is 1. The molecule has 2 rings (SSSR count). The van der Waals surface area contributed by atoms with Crippen LogP contribution < -0.4 is 21.4 Å². The second kappa shape index (κ2) is 11.2. The number of rotatable bonds is 12. The Bertz CT molecular complexity index is 931. The van der Waals surface area contributed by atoms with Gasteiger partial charge in [-0.1, -0.05) is 20.8 Å². The van der Waals surface area contributed by atoms with Crippen molar-refractivity contribution in [3.05, 3.63) is 17.0 Å². The Morgan fingerprint density at radius 2 is 2.03 bits per heavy atom. The van der Waals surface area contributed by atoms with Crippen LogP contribution in [0.1, 0.15) is 52.8 Å². The molecule has 0 aliphatic carbocycles. The first-order valence-electron chi connectivity index (χ1n) is 10.6. The first kappa shape index (κ1) is 26.3. The number of carboxylic acid groups (broad SMARTS) is 1. The number of nitrogens with two attached hydrogens (primary N) is 1. The molecular formula is C21H33N4O5PS. The predicted octanol–water partition coefficient (Wildman–Crippen LogP) is 3.51. The van der Waals surface area contributed by atoms with Gasteiger partial charge in [0.15, 0.2) is 16.4 Å². The summed E-state index contributed by atoms with van der Waals surface area (Å²) >= 11 is 1.43. The molecule has 0 aliphatic heterocycles. The minimum atomic E-state index is -1.56. The van der Waals surface area contributed by atoms with Gasteiger partial charge in [-0.05, 0) is 51.7 Å². The van der Waals surface area contributed by atoms with Gasteiger partial charge < -0.3 is 20.0 Å². The summed E-state index contributed by atoms with van der Waals surface area (Å²) in [5.41, 5.74) is 5.92. The summed E-state index contributed by atoms with van der Waals surface area (Å²) in [7, 11) is -1.56. The number of carboxylic acids is 1. The van der Waals surface area contributed by atoms with Crippen LogP contribution in [0.15, 0.2) is 16.5 Å². The zero-order valence-corrected chi connectivity index (χ0v) is 21.1. The van der Waals surface area contributed by atoms with Crippen molar-refractivity contribution in [2.24, 2.45) is 5.92 Å². The molecule has 0 saturated heterocycles. The highest BCUT2D eigenvalue weighted by Crippen LogP contribution is 2.36. The SMILES string of the molecule is CCOC(=O)[C@H](C)NP(N[C@@](C)(CC)C(=O)O)c1ccc(-c2nc(N)sc2CC(C)C)o1. The number of nitrogen functional groups attached to an aromatic ring is 1. The van der Waals surface area contributed by atoms with Crippen LogP contribution >= 0.6 is 19.6 Å². The number of aromatic nitrogens is 1. The summed E-state index contributed by atoms with van der Waals surface area (Å²) in [5.74, 6) is -0.434. The summed E-state index contributed by atoms with van der Waals surface area (Å²) in [5, 5.41) is 16.5. The molecule has 11 heteroatoms. The number of hydrogen-bond acceptors (Lipinski definition) is 9. The fourth-order valence-corrected chi connectivity index (χ4v) is 5.84. The summed E-state index contributed by atoms with van der Waals surface area (Å²) in [6, 6.07) is 2.90. The molecule has 9 nitrogen and oxygen atoms in total. The minimum absolute atomic E-state index is 0.257. The number of carbonyl (C=O) groups excluding carboxylic acids is 1. The third kappa shape index (κ3) is 6.51. The maximum absolute atomic E-state index is 12.2. The van der Waals surface area contributed by atoms with E-state index >= 15 is 0 Å². The van der Waals surface area contributed by atoms with Crippen LogP contribution in [-0.4, -0.2) is 40.2 Å². The average molecular weight is 485 g/mol. The Morgan fingerprint density at radius 3 is 2.59 bits per heavy atom. The van der Waals surface area contributed by atoms with Gasteiger partial charge in [0.25, 0.3) is 0 Å². The van der Waals surface area contributed by atoms with Crippen LogP contribution in [0, 0.1) is 5.92 Å². The molecule has 5 N–H and O–H groups in total. The second-order valence-corrected chi connectivity index (χ2v) is 10.8. The highest BCUT2D eigenvalue weighted by molar-refractivity contribution is 7.61. The van der Waals surface area contributed by atoms with Gasteiger partial charge in [-0.15, -0.1) is 11.3 Å². The number of carbonyl (C=O) groups is 2. The average Bonchev–Trinajstić information content (AvgIpc) is 3.33. The van der Waals surface area contributed by atoms with Crippen LogP contribution in [-0.2, 0) is 20.7 Å². The van der Waals surface area contributed by atoms with E-state index < -0.39 is 31.7 Å². The highest BCUT2D eigenvalue weighted by atomic mass is 32.1. The zero-order valence-electron chi connectivity index (χ0n) is 19.4. The van der Waals surface area contributed by atoms with Crippen molar-refractivity contribution in [3.63, 3.8) is 0 Å². The molecule has 0 radical (unpaired) electrons. The lowest BCUT2D eigenvalue weighted by molar-refractivity contribution is -0.144. The lowest BCUT2D eigenvalue weighted by Gasteiger charge is -2.31. The molecule has 32 heavy (non-hydrogen) atoms. The van der Waals surface area contributed by atoms with Crippen LogP contribution in [0.4, 0.5) is 5.13 Å². The molecule has 2 aromatic rings. The first-order valence-corrected chi connectivity index (χ1v) is 12.8. The normalized spacial score (nSPS) is 15.3. The standard InChI is InChI=1S/C21H33N4O5PS/c1-7-21(6,19(27)28)25-31(24-13(5)18(26)29-8-2)16-10-9-14(30-16)17-15(11-12(3)4)32-20(22)23-17/h9-10,12-13,24-25H,7-8,11H2,1-6H3,(H2,22,23)(H,27,28)/t13-,21-,31?/m0/s1. The van der Waals surface area contributed by atoms with Crippen molar-refractivity contribution in [2.45, 2.75) is 66.0 Å². The van der Waals surface area contributed by atoms with E-state index in [2.05, 4.69) is 29.0 Å². The molecule has 2 heterocycles. The predicted molar refractivity (Wildman–Crippen MR) is 128 cm³/mol. The summed E-state index contributed by atoms with van der Waals surface area (Å²) in [4.78, 5) is 29.6. The molecule has 2 aromatic heterocycles. The van der Waals surface area contributed by atoms with Crippen LogP contribution in [0.25, 0.3) is 11.5 Å². The minimum Gasteiger partial charge on any atom is -0.480 e. The van der Waals surface area contributed by atoms with Crippen molar-refractivity contribution in [1.82, 2.24) is 15.2 Å². The fraction of sp³-hybridized carbons (Fsp3) is 0.571. The maximum Gasteiger partial charge on any atom is 0.323 e. The molecule has 1 unspecified atom stereocenters.